The number of aromatic nitrogens is 6. The molecule has 7 rings (SSSR count). The zero-order chi connectivity index (χ0) is 21.7. The highest BCUT2D eigenvalue weighted by Crippen LogP contribution is 2.35. The van der Waals surface area contributed by atoms with Crippen molar-refractivity contribution in [3.8, 4) is 11.6 Å². The zero-order valence-electron chi connectivity index (χ0n) is 15.9. The quantitative estimate of drug-likeness (QED) is 0.199. The predicted octanol–water partition coefficient (Wildman–Crippen LogP) is 0.653. The average molecular weight is 420 g/mol. The van der Waals surface area contributed by atoms with Gasteiger partial charge in [0.25, 0.3) is 0 Å². The summed E-state index contributed by atoms with van der Waals surface area (Å²) in [6, 6.07) is 15.4. The molecule has 0 spiro atoms. The third kappa shape index (κ3) is 1.84. The van der Waals surface area contributed by atoms with Crippen molar-refractivity contribution in [1.82, 2.24) is 29.3 Å². The van der Waals surface area contributed by atoms with Crippen LogP contribution >= 0.6 is 0 Å². The number of fused-ring (bicyclic) bond motifs is 12. The molecule has 3 aromatic carbocycles. The van der Waals surface area contributed by atoms with Crippen molar-refractivity contribution in [2.24, 2.45) is 0 Å². The number of hydrogen-bond donors (Lipinski definition) is 0. The van der Waals surface area contributed by atoms with Crippen LogP contribution in [-0.4, -0.2) is 29.3 Å². The molecule has 10 nitrogen and oxygen atoms in total. The molecule has 0 aliphatic carbocycles. The van der Waals surface area contributed by atoms with Gasteiger partial charge in [0.1, 0.15) is 11.0 Å². The van der Waals surface area contributed by atoms with E-state index in [1.807, 2.05) is 48.5 Å². The number of imidazole rings is 2. The summed E-state index contributed by atoms with van der Waals surface area (Å²) in [5.74, 6) is -0.299. The lowest BCUT2D eigenvalue weighted by molar-refractivity contribution is 0.681. The SMILES string of the molecule is O=c1nc2c3nc4c5ccccc5c5ccccc5c4nc3c3nc(=O)c(=O)n-3n-2c1=O. The normalized spacial score (nSPS) is 12.2. The molecule has 0 amide bonds. The Balaban J connectivity index is 1.85. The summed E-state index contributed by atoms with van der Waals surface area (Å²) in [6.45, 7) is 0. The van der Waals surface area contributed by atoms with Crippen LogP contribution in [0.25, 0.3) is 55.2 Å². The minimum Gasteiger partial charge on any atom is -0.261 e. The lowest BCUT2D eigenvalue weighted by Crippen LogP contribution is -2.37. The number of hydrogen-bond acceptors (Lipinski definition) is 8. The van der Waals surface area contributed by atoms with Crippen molar-refractivity contribution in [3.05, 3.63) is 89.9 Å². The monoisotopic (exact) mass is 420 g/mol. The molecule has 10 heteroatoms. The summed E-state index contributed by atoms with van der Waals surface area (Å²) in [5.41, 5.74) is -2.97. The van der Waals surface area contributed by atoms with Gasteiger partial charge in [-0.3, -0.25) is 19.2 Å². The molecule has 3 aliphatic heterocycles. The van der Waals surface area contributed by atoms with Crippen LogP contribution in [0.15, 0.2) is 67.7 Å². The first-order valence-corrected chi connectivity index (χ1v) is 9.60. The highest BCUT2D eigenvalue weighted by Gasteiger charge is 2.30. The van der Waals surface area contributed by atoms with E-state index in [1.54, 1.807) is 0 Å². The summed E-state index contributed by atoms with van der Waals surface area (Å²) in [4.78, 5) is 66.2. The molecule has 0 fully saturated rings. The fourth-order valence-corrected chi connectivity index (χ4v) is 4.41. The molecule has 3 aliphatic rings. The molecular formula is C22H8N6O4. The van der Waals surface area contributed by atoms with Gasteiger partial charge < -0.3 is 0 Å². The summed E-state index contributed by atoms with van der Waals surface area (Å²) in [5, 5.41) is 3.57. The minimum absolute atomic E-state index is 0.106. The zero-order valence-corrected chi connectivity index (χ0v) is 15.9. The van der Waals surface area contributed by atoms with Crippen LogP contribution in [0.5, 0.6) is 0 Å². The Kier molecular flexibility index (Phi) is 2.87. The van der Waals surface area contributed by atoms with E-state index < -0.39 is 22.2 Å². The topological polar surface area (TPSA) is 130 Å². The molecule has 4 aromatic rings. The van der Waals surface area contributed by atoms with Crippen molar-refractivity contribution in [3.63, 3.8) is 0 Å². The van der Waals surface area contributed by atoms with Crippen molar-refractivity contribution < 1.29 is 0 Å². The van der Waals surface area contributed by atoms with Crippen LogP contribution in [0.2, 0.25) is 0 Å². The van der Waals surface area contributed by atoms with Crippen LogP contribution in [0, 0.1) is 0 Å². The molecule has 0 atom stereocenters. The molecule has 0 bridgehead atoms. The van der Waals surface area contributed by atoms with E-state index in [0.29, 0.717) is 11.0 Å². The smallest absolute Gasteiger partial charge is 0.261 e. The van der Waals surface area contributed by atoms with Crippen LogP contribution in [-0.2, 0) is 0 Å². The van der Waals surface area contributed by atoms with E-state index in [2.05, 4.69) is 9.97 Å². The third-order valence-electron chi connectivity index (χ3n) is 5.74. The van der Waals surface area contributed by atoms with Gasteiger partial charge in [-0.2, -0.15) is 19.3 Å². The van der Waals surface area contributed by atoms with Crippen LogP contribution in [0.3, 0.4) is 0 Å². The van der Waals surface area contributed by atoms with E-state index in [0.717, 1.165) is 30.9 Å². The molecule has 0 radical (unpaired) electrons. The maximum atomic E-state index is 12.4. The Morgan fingerprint density at radius 2 is 0.844 bits per heavy atom. The maximum Gasteiger partial charge on any atom is 0.339 e. The van der Waals surface area contributed by atoms with Crippen molar-refractivity contribution >= 4 is 43.6 Å². The second-order valence-electron chi connectivity index (χ2n) is 7.42. The van der Waals surface area contributed by atoms with Crippen LogP contribution < -0.4 is 22.2 Å². The fourth-order valence-electron chi connectivity index (χ4n) is 4.41. The summed E-state index contributed by atoms with van der Waals surface area (Å²) in [7, 11) is 0. The van der Waals surface area contributed by atoms with Gasteiger partial charge in [0, 0.05) is 10.8 Å². The first-order valence-electron chi connectivity index (χ1n) is 9.60. The standard InChI is InChI=1S/C22H8N6O4/c29-19-21(31)27-17(25-19)15-16(18-26-20(30)22(32)28(18)27)24-14-12-8-4-2-6-10(12)9-5-1-3-7-11(9)13(14)23-15/h1-8H. The Hall–Kier alpha value is -4.86. The van der Waals surface area contributed by atoms with E-state index >= 15 is 0 Å². The second kappa shape index (κ2) is 5.43. The van der Waals surface area contributed by atoms with E-state index in [1.165, 1.54) is 0 Å². The number of nitrogens with zero attached hydrogens (tertiary/aromatic N) is 6. The molecule has 4 heterocycles. The number of benzene rings is 3. The van der Waals surface area contributed by atoms with Gasteiger partial charge in [0.05, 0.1) is 11.0 Å². The van der Waals surface area contributed by atoms with Gasteiger partial charge in [0.15, 0.2) is 11.6 Å². The highest BCUT2D eigenvalue weighted by molar-refractivity contribution is 6.24. The molecule has 32 heavy (non-hydrogen) atoms. The van der Waals surface area contributed by atoms with E-state index in [-0.39, 0.29) is 22.7 Å². The molecular weight excluding hydrogens is 412 g/mol. The molecule has 1 aromatic heterocycles. The van der Waals surface area contributed by atoms with Crippen molar-refractivity contribution in [2.75, 3.05) is 0 Å². The fraction of sp³-hybridized carbons (Fsp3) is 0. The summed E-state index contributed by atoms with van der Waals surface area (Å²) < 4.78 is 1.50. The Morgan fingerprint density at radius 3 is 1.25 bits per heavy atom. The first-order chi connectivity index (χ1) is 15.5. The Labute approximate surface area is 175 Å². The van der Waals surface area contributed by atoms with Gasteiger partial charge in [-0.05, 0) is 10.8 Å². The van der Waals surface area contributed by atoms with Gasteiger partial charge >= 0.3 is 22.2 Å². The first kappa shape index (κ1) is 16.9. The van der Waals surface area contributed by atoms with E-state index in [9.17, 15) is 19.2 Å². The maximum absolute atomic E-state index is 12.4. The van der Waals surface area contributed by atoms with Crippen LogP contribution in [0.1, 0.15) is 0 Å². The Bertz CT molecular complexity index is 1930. The van der Waals surface area contributed by atoms with Gasteiger partial charge in [-0.1, -0.05) is 48.5 Å². The molecule has 0 saturated carbocycles. The summed E-state index contributed by atoms with van der Waals surface area (Å²) in [6.07, 6.45) is 0. The van der Waals surface area contributed by atoms with Crippen molar-refractivity contribution in [1.29, 1.82) is 0 Å². The average Bonchev–Trinajstić information content (AvgIpc) is 3.28. The molecule has 0 saturated heterocycles. The van der Waals surface area contributed by atoms with Gasteiger partial charge in [0.2, 0.25) is 0 Å². The highest BCUT2D eigenvalue weighted by atomic mass is 16.2. The third-order valence-corrected chi connectivity index (χ3v) is 5.74. The molecule has 150 valence electrons. The second-order valence-corrected chi connectivity index (χ2v) is 7.42. The summed E-state index contributed by atoms with van der Waals surface area (Å²) >= 11 is 0. The molecule has 0 N–H and O–H groups in total. The van der Waals surface area contributed by atoms with Gasteiger partial charge in [-0.15, -0.1) is 0 Å². The lowest BCUT2D eigenvalue weighted by Gasteiger charge is -2.15. The largest absolute Gasteiger partial charge is 0.339 e. The van der Waals surface area contributed by atoms with Crippen LogP contribution in [0.4, 0.5) is 0 Å². The lowest BCUT2D eigenvalue weighted by atomic mass is 9.99. The Morgan fingerprint density at radius 1 is 0.469 bits per heavy atom. The molecule has 0 unspecified atom stereocenters. The number of rotatable bonds is 0. The van der Waals surface area contributed by atoms with Gasteiger partial charge in [-0.25, -0.2) is 9.97 Å². The predicted molar refractivity (Wildman–Crippen MR) is 116 cm³/mol. The van der Waals surface area contributed by atoms with E-state index in [4.69, 9.17) is 9.97 Å². The minimum atomic E-state index is -1.07. The van der Waals surface area contributed by atoms with Crippen molar-refractivity contribution in [2.45, 2.75) is 0 Å².